The Balaban J connectivity index is 1.93. The fourth-order valence-corrected chi connectivity index (χ4v) is 1.95. The lowest BCUT2D eigenvalue weighted by Gasteiger charge is -2.03. The molecule has 0 spiro atoms. The SMILES string of the molecule is CCOC(=O)C1(F)C/C1=C/n1cnc2c(N)ncnc21. The molecule has 0 amide bonds. The number of nitrogens with zero attached hydrogens (tertiary/aromatic N) is 4. The van der Waals surface area contributed by atoms with Crippen molar-refractivity contribution in [2.45, 2.75) is 19.0 Å². The molecule has 1 atom stereocenters. The van der Waals surface area contributed by atoms with Gasteiger partial charge in [-0.05, 0) is 12.5 Å². The van der Waals surface area contributed by atoms with Gasteiger partial charge in [0.1, 0.15) is 12.7 Å². The Bertz CT molecular complexity index is 726. The summed E-state index contributed by atoms with van der Waals surface area (Å²) in [5.41, 5.74) is 4.86. The smallest absolute Gasteiger partial charge is 0.348 e. The molecule has 2 heterocycles. The van der Waals surface area contributed by atoms with Crippen LogP contribution in [0.3, 0.4) is 0 Å². The van der Waals surface area contributed by atoms with E-state index in [1.54, 1.807) is 6.92 Å². The zero-order valence-electron chi connectivity index (χ0n) is 10.7. The van der Waals surface area contributed by atoms with Crippen LogP contribution in [0.1, 0.15) is 13.3 Å². The lowest BCUT2D eigenvalue weighted by atomic mass is 10.3. The second-order valence-corrected chi connectivity index (χ2v) is 4.44. The minimum Gasteiger partial charge on any atom is -0.463 e. The van der Waals surface area contributed by atoms with E-state index >= 15 is 0 Å². The summed E-state index contributed by atoms with van der Waals surface area (Å²) < 4.78 is 20.4. The van der Waals surface area contributed by atoms with Crippen molar-refractivity contribution >= 4 is 29.2 Å². The van der Waals surface area contributed by atoms with Gasteiger partial charge in [-0.15, -0.1) is 0 Å². The van der Waals surface area contributed by atoms with Gasteiger partial charge in [-0.1, -0.05) is 0 Å². The molecule has 1 aliphatic carbocycles. The van der Waals surface area contributed by atoms with Crippen LogP contribution in [0.5, 0.6) is 0 Å². The molecule has 1 aliphatic rings. The van der Waals surface area contributed by atoms with E-state index in [0.717, 1.165) is 0 Å². The third kappa shape index (κ3) is 1.80. The van der Waals surface area contributed by atoms with Crippen molar-refractivity contribution in [2.75, 3.05) is 12.3 Å². The quantitative estimate of drug-likeness (QED) is 0.838. The first-order valence-electron chi connectivity index (χ1n) is 6.06. The van der Waals surface area contributed by atoms with Gasteiger partial charge in [-0.3, -0.25) is 4.57 Å². The van der Waals surface area contributed by atoms with Crippen LogP contribution in [-0.2, 0) is 9.53 Å². The van der Waals surface area contributed by atoms with Gasteiger partial charge in [0.2, 0.25) is 5.67 Å². The van der Waals surface area contributed by atoms with Crippen LogP contribution < -0.4 is 5.73 Å². The molecule has 8 heteroatoms. The van der Waals surface area contributed by atoms with Gasteiger partial charge in [-0.2, -0.15) is 0 Å². The zero-order chi connectivity index (χ0) is 14.3. The van der Waals surface area contributed by atoms with Crippen LogP contribution in [0.2, 0.25) is 0 Å². The molecule has 20 heavy (non-hydrogen) atoms. The largest absolute Gasteiger partial charge is 0.463 e. The van der Waals surface area contributed by atoms with Crippen LogP contribution >= 0.6 is 0 Å². The molecule has 0 aromatic carbocycles. The molecule has 2 aromatic rings. The number of hydrogen-bond donors (Lipinski definition) is 1. The van der Waals surface area contributed by atoms with E-state index in [0.29, 0.717) is 16.7 Å². The van der Waals surface area contributed by atoms with Crippen molar-refractivity contribution in [3.8, 4) is 0 Å². The summed E-state index contributed by atoms with van der Waals surface area (Å²) in [7, 11) is 0. The maximum absolute atomic E-state index is 14.2. The van der Waals surface area contributed by atoms with Gasteiger partial charge in [0.25, 0.3) is 0 Å². The van der Waals surface area contributed by atoms with E-state index < -0.39 is 11.6 Å². The maximum Gasteiger partial charge on any atom is 0.348 e. The maximum atomic E-state index is 14.2. The van der Waals surface area contributed by atoms with Crippen molar-refractivity contribution in [1.82, 2.24) is 19.5 Å². The van der Waals surface area contributed by atoms with E-state index in [1.807, 2.05) is 0 Å². The van der Waals surface area contributed by atoms with Crippen molar-refractivity contribution in [1.29, 1.82) is 0 Å². The number of hydrogen-bond acceptors (Lipinski definition) is 6. The molecule has 0 bridgehead atoms. The number of nitrogen functional groups attached to an aromatic ring is 1. The van der Waals surface area contributed by atoms with Crippen molar-refractivity contribution in [2.24, 2.45) is 0 Å². The molecule has 2 aromatic heterocycles. The highest BCUT2D eigenvalue weighted by Crippen LogP contribution is 2.48. The molecule has 3 rings (SSSR count). The standard InChI is InChI=1S/C12H12FN5O2/c1-2-20-11(19)12(13)3-7(12)4-18-6-17-8-9(14)15-5-16-10(8)18/h4-6H,2-3H2,1H3,(H2,14,15,16)/b7-4-. The zero-order valence-corrected chi connectivity index (χ0v) is 10.7. The molecule has 1 saturated carbocycles. The molecule has 2 N–H and O–H groups in total. The summed E-state index contributed by atoms with van der Waals surface area (Å²) in [6.45, 7) is 1.78. The minimum atomic E-state index is -2.02. The third-order valence-corrected chi connectivity index (χ3v) is 3.10. The molecule has 1 unspecified atom stereocenters. The Hall–Kier alpha value is -2.51. The lowest BCUT2D eigenvalue weighted by Crippen LogP contribution is -2.20. The summed E-state index contributed by atoms with van der Waals surface area (Å²) >= 11 is 0. The normalized spacial score (nSPS) is 23.2. The van der Waals surface area contributed by atoms with Crippen molar-refractivity contribution in [3.63, 3.8) is 0 Å². The Kier molecular flexibility index (Phi) is 2.66. The van der Waals surface area contributed by atoms with E-state index in [4.69, 9.17) is 10.5 Å². The number of carbonyl (C=O) groups excluding carboxylic acids is 1. The van der Waals surface area contributed by atoms with Gasteiger partial charge < -0.3 is 10.5 Å². The number of imidazole rings is 1. The summed E-state index contributed by atoms with van der Waals surface area (Å²) in [5.74, 6) is -0.607. The third-order valence-electron chi connectivity index (χ3n) is 3.10. The number of carbonyl (C=O) groups is 1. The van der Waals surface area contributed by atoms with E-state index in [2.05, 4.69) is 15.0 Å². The van der Waals surface area contributed by atoms with Crippen LogP contribution in [0.25, 0.3) is 17.4 Å². The average Bonchev–Trinajstić information content (AvgIpc) is 2.89. The summed E-state index contributed by atoms with van der Waals surface area (Å²) in [6, 6.07) is 0. The van der Waals surface area contributed by atoms with Gasteiger partial charge in [0, 0.05) is 12.6 Å². The number of nitrogens with two attached hydrogens (primary N) is 1. The van der Waals surface area contributed by atoms with Crippen LogP contribution in [0.15, 0.2) is 18.2 Å². The van der Waals surface area contributed by atoms with Crippen molar-refractivity contribution in [3.05, 3.63) is 18.2 Å². The summed E-state index contributed by atoms with van der Waals surface area (Å²) in [6.07, 6.45) is 4.26. The monoisotopic (exact) mass is 277 g/mol. The molecule has 7 nitrogen and oxygen atoms in total. The molecule has 1 fully saturated rings. The van der Waals surface area contributed by atoms with Crippen LogP contribution in [0.4, 0.5) is 10.2 Å². The first-order chi connectivity index (χ1) is 9.56. The number of ether oxygens (including phenoxy) is 1. The highest BCUT2D eigenvalue weighted by molar-refractivity contribution is 5.92. The Morgan fingerprint density at radius 2 is 2.40 bits per heavy atom. The van der Waals surface area contributed by atoms with E-state index in [1.165, 1.54) is 23.4 Å². The predicted octanol–water partition coefficient (Wildman–Crippen LogP) is 0.924. The Morgan fingerprint density at radius 1 is 1.60 bits per heavy atom. The molecular formula is C12H12FN5O2. The highest BCUT2D eigenvalue weighted by atomic mass is 19.1. The summed E-state index contributed by atoms with van der Waals surface area (Å²) in [5, 5.41) is 0. The lowest BCUT2D eigenvalue weighted by molar-refractivity contribution is -0.150. The first-order valence-corrected chi connectivity index (χ1v) is 6.06. The number of esters is 1. The number of fused-ring (bicyclic) bond motifs is 1. The van der Waals surface area contributed by atoms with Crippen molar-refractivity contribution < 1.29 is 13.9 Å². The average molecular weight is 277 g/mol. The van der Waals surface area contributed by atoms with E-state index in [9.17, 15) is 9.18 Å². The van der Waals surface area contributed by atoms with Gasteiger partial charge in [0.15, 0.2) is 17.0 Å². The number of rotatable bonds is 3. The number of aromatic nitrogens is 4. The molecule has 104 valence electrons. The molecule has 0 aliphatic heterocycles. The molecule has 0 saturated heterocycles. The number of alkyl halides is 1. The number of anilines is 1. The fraction of sp³-hybridized carbons (Fsp3) is 0.333. The van der Waals surface area contributed by atoms with Crippen LogP contribution in [-0.4, -0.2) is 37.8 Å². The fourth-order valence-electron chi connectivity index (χ4n) is 1.95. The van der Waals surface area contributed by atoms with E-state index in [-0.39, 0.29) is 18.8 Å². The Labute approximate surface area is 113 Å². The van der Waals surface area contributed by atoms with Gasteiger partial charge >= 0.3 is 5.97 Å². The first kappa shape index (κ1) is 12.5. The van der Waals surface area contributed by atoms with Gasteiger partial charge in [-0.25, -0.2) is 24.1 Å². The molecule has 0 radical (unpaired) electrons. The molecular weight excluding hydrogens is 265 g/mol. The second-order valence-electron chi connectivity index (χ2n) is 4.44. The number of halogens is 1. The topological polar surface area (TPSA) is 95.9 Å². The highest BCUT2D eigenvalue weighted by Gasteiger charge is 2.58. The van der Waals surface area contributed by atoms with Gasteiger partial charge in [0.05, 0.1) is 6.61 Å². The Morgan fingerprint density at radius 3 is 3.15 bits per heavy atom. The van der Waals surface area contributed by atoms with Crippen LogP contribution in [0, 0.1) is 0 Å². The second kappa shape index (κ2) is 4.26. The predicted molar refractivity (Wildman–Crippen MR) is 69.1 cm³/mol. The minimum absolute atomic E-state index is 0.0199. The summed E-state index contributed by atoms with van der Waals surface area (Å²) in [4.78, 5) is 23.4.